The average molecular weight is 475 g/mol. The van der Waals surface area contributed by atoms with E-state index in [4.69, 9.17) is 0 Å². The second-order valence-corrected chi connectivity index (χ2v) is 8.66. The summed E-state index contributed by atoms with van der Waals surface area (Å²) in [5.41, 5.74) is 6.19. The van der Waals surface area contributed by atoms with Crippen molar-refractivity contribution in [3.05, 3.63) is 72.4 Å². The lowest BCUT2D eigenvalue weighted by Gasteiger charge is -2.15. The van der Waals surface area contributed by atoms with Crippen molar-refractivity contribution in [1.29, 1.82) is 0 Å². The molecule has 1 fully saturated rings. The lowest BCUT2D eigenvalue weighted by Crippen LogP contribution is -2.42. The predicted molar refractivity (Wildman–Crippen MR) is 128 cm³/mol. The predicted octanol–water partition coefficient (Wildman–Crippen LogP) is 2.41. The molecule has 0 unspecified atom stereocenters. The van der Waals surface area contributed by atoms with E-state index in [-0.39, 0.29) is 25.3 Å². The Morgan fingerprint density at radius 2 is 1.63 bits per heavy atom. The summed E-state index contributed by atoms with van der Waals surface area (Å²) in [6.45, 7) is 3.36. The molecule has 5 amide bonds. The van der Waals surface area contributed by atoms with Gasteiger partial charge in [0.25, 0.3) is 11.8 Å². The number of hydrogen-bond donors (Lipinski definition) is 3. The number of carbonyl (C=O) groups is 4. The van der Waals surface area contributed by atoms with E-state index >= 15 is 0 Å². The molecule has 1 aliphatic rings. The maximum absolute atomic E-state index is 12.9. The third kappa shape index (κ3) is 5.21. The van der Waals surface area contributed by atoms with Gasteiger partial charge >= 0.3 is 6.03 Å². The molecule has 3 aromatic rings. The van der Waals surface area contributed by atoms with E-state index in [1.807, 2.05) is 60.7 Å². The Balaban J connectivity index is 1.39. The van der Waals surface area contributed by atoms with Crippen molar-refractivity contribution < 1.29 is 19.2 Å². The summed E-state index contributed by atoms with van der Waals surface area (Å²) in [6.07, 6.45) is 1.89. The fraction of sp³-hybridized carbons (Fsp3) is 0.240. The number of amides is 5. The number of rotatable bonds is 7. The summed E-state index contributed by atoms with van der Waals surface area (Å²) in [6, 6.07) is 18.2. The van der Waals surface area contributed by atoms with E-state index in [0.29, 0.717) is 11.3 Å². The van der Waals surface area contributed by atoms with Crippen LogP contribution in [0, 0.1) is 0 Å². The van der Waals surface area contributed by atoms with Crippen molar-refractivity contribution in [1.82, 2.24) is 30.8 Å². The van der Waals surface area contributed by atoms with Crippen LogP contribution in [0.25, 0.3) is 16.9 Å². The Bertz CT molecular complexity index is 1250. The third-order valence-corrected chi connectivity index (χ3v) is 5.57. The molecule has 0 atom stereocenters. The van der Waals surface area contributed by atoms with Crippen LogP contribution in [0.1, 0.15) is 37.0 Å². The van der Waals surface area contributed by atoms with Gasteiger partial charge in [-0.1, -0.05) is 48.5 Å². The Hall–Kier alpha value is -4.47. The first kappa shape index (κ1) is 23.7. The SMILES string of the molecule is CC1(C)NC(=O)N(CCCC(=O)NNC(=O)c2cn(-c3ccccc3)nc2-c2ccccc2)C1=O. The van der Waals surface area contributed by atoms with E-state index in [0.717, 1.165) is 16.2 Å². The van der Waals surface area contributed by atoms with Crippen molar-refractivity contribution in [3.8, 4) is 16.9 Å². The van der Waals surface area contributed by atoms with Gasteiger partial charge in [-0.05, 0) is 32.4 Å². The molecule has 3 N–H and O–H groups in total. The highest BCUT2D eigenvalue weighted by molar-refractivity contribution is 6.06. The van der Waals surface area contributed by atoms with Gasteiger partial charge in [0.2, 0.25) is 5.91 Å². The molecule has 180 valence electrons. The zero-order chi connectivity index (χ0) is 25.0. The van der Waals surface area contributed by atoms with Crippen LogP contribution >= 0.6 is 0 Å². The van der Waals surface area contributed by atoms with Gasteiger partial charge in [-0.2, -0.15) is 5.10 Å². The van der Waals surface area contributed by atoms with Gasteiger partial charge in [0.05, 0.1) is 11.3 Å². The molecule has 1 aliphatic heterocycles. The molecule has 0 aliphatic carbocycles. The minimum absolute atomic E-state index is 0.0204. The van der Waals surface area contributed by atoms with Gasteiger partial charge in [0.1, 0.15) is 11.2 Å². The number of para-hydroxylation sites is 1. The van der Waals surface area contributed by atoms with Crippen LogP contribution in [0.2, 0.25) is 0 Å². The van der Waals surface area contributed by atoms with E-state index in [1.54, 1.807) is 24.7 Å². The summed E-state index contributed by atoms with van der Waals surface area (Å²) < 4.78 is 1.61. The number of nitrogens with one attached hydrogen (secondary N) is 3. The third-order valence-electron chi connectivity index (χ3n) is 5.57. The van der Waals surface area contributed by atoms with Crippen LogP contribution in [0.15, 0.2) is 66.9 Å². The van der Waals surface area contributed by atoms with Crippen molar-refractivity contribution in [2.45, 2.75) is 32.2 Å². The Morgan fingerprint density at radius 3 is 2.26 bits per heavy atom. The first-order valence-corrected chi connectivity index (χ1v) is 11.2. The highest BCUT2D eigenvalue weighted by Gasteiger charge is 2.43. The number of carbonyl (C=O) groups excluding carboxylic acids is 4. The number of benzene rings is 2. The smallest absolute Gasteiger partial charge is 0.324 e. The number of imide groups is 1. The molecular weight excluding hydrogens is 448 g/mol. The fourth-order valence-electron chi connectivity index (χ4n) is 3.74. The largest absolute Gasteiger partial charge is 0.325 e. The van der Waals surface area contributed by atoms with Crippen molar-refractivity contribution >= 4 is 23.8 Å². The molecule has 0 spiro atoms. The van der Waals surface area contributed by atoms with E-state index in [2.05, 4.69) is 21.3 Å². The summed E-state index contributed by atoms with van der Waals surface area (Å²) in [5, 5.41) is 7.18. The Labute approximate surface area is 202 Å². The summed E-state index contributed by atoms with van der Waals surface area (Å²) in [5.74, 6) is -1.29. The second-order valence-electron chi connectivity index (χ2n) is 8.66. The van der Waals surface area contributed by atoms with Gasteiger partial charge in [0, 0.05) is 24.7 Å². The molecule has 2 heterocycles. The highest BCUT2D eigenvalue weighted by atomic mass is 16.2. The Kier molecular flexibility index (Phi) is 6.63. The van der Waals surface area contributed by atoms with Gasteiger partial charge in [-0.3, -0.25) is 30.1 Å². The molecule has 0 bridgehead atoms. The lowest BCUT2D eigenvalue weighted by molar-refractivity contribution is -0.130. The topological polar surface area (TPSA) is 125 Å². The van der Waals surface area contributed by atoms with Gasteiger partial charge in [-0.25, -0.2) is 9.48 Å². The Morgan fingerprint density at radius 1 is 0.971 bits per heavy atom. The summed E-state index contributed by atoms with van der Waals surface area (Å²) >= 11 is 0. The maximum atomic E-state index is 12.9. The normalized spacial score (nSPS) is 14.5. The number of urea groups is 1. The zero-order valence-electron chi connectivity index (χ0n) is 19.4. The standard InChI is InChI=1S/C25H26N6O4/c1-25(2)23(34)30(24(35)26-25)15-9-14-20(32)27-28-22(33)19-16-31(18-12-7-4-8-13-18)29-21(19)17-10-5-3-6-11-17/h3-8,10-13,16H,9,14-15H2,1-2H3,(H,26,35)(H,27,32)(H,28,33). The van der Waals surface area contributed by atoms with Crippen LogP contribution < -0.4 is 16.2 Å². The quantitative estimate of drug-likeness (QED) is 0.358. The number of hydrazine groups is 1. The highest BCUT2D eigenvalue weighted by Crippen LogP contribution is 2.23. The van der Waals surface area contributed by atoms with Crippen molar-refractivity contribution in [3.63, 3.8) is 0 Å². The molecule has 1 aromatic heterocycles. The van der Waals surface area contributed by atoms with Crippen LogP contribution in [-0.2, 0) is 9.59 Å². The number of nitrogens with zero attached hydrogens (tertiary/aromatic N) is 3. The summed E-state index contributed by atoms with van der Waals surface area (Å²) in [7, 11) is 0. The van der Waals surface area contributed by atoms with Gasteiger partial charge in [0.15, 0.2) is 0 Å². The summed E-state index contributed by atoms with van der Waals surface area (Å²) in [4.78, 5) is 50.5. The van der Waals surface area contributed by atoms with Crippen molar-refractivity contribution in [2.24, 2.45) is 0 Å². The lowest BCUT2D eigenvalue weighted by atomic mass is 10.1. The zero-order valence-corrected chi connectivity index (χ0v) is 19.4. The monoisotopic (exact) mass is 474 g/mol. The molecule has 10 heteroatoms. The van der Waals surface area contributed by atoms with Gasteiger partial charge in [-0.15, -0.1) is 0 Å². The van der Waals surface area contributed by atoms with Gasteiger partial charge < -0.3 is 5.32 Å². The van der Waals surface area contributed by atoms with Crippen LogP contribution in [-0.4, -0.2) is 50.5 Å². The fourth-order valence-corrected chi connectivity index (χ4v) is 3.74. The molecule has 0 radical (unpaired) electrons. The maximum Gasteiger partial charge on any atom is 0.325 e. The molecule has 2 aromatic carbocycles. The van der Waals surface area contributed by atoms with E-state index in [9.17, 15) is 19.2 Å². The minimum atomic E-state index is -0.950. The molecular formula is C25H26N6O4. The van der Waals surface area contributed by atoms with E-state index in [1.165, 1.54) is 0 Å². The first-order chi connectivity index (χ1) is 16.8. The molecule has 0 saturated carbocycles. The molecule has 1 saturated heterocycles. The van der Waals surface area contributed by atoms with Crippen molar-refractivity contribution in [2.75, 3.05) is 6.54 Å². The number of aromatic nitrogens is 2. The number of hydrogen-bond acceptors (Lipinski definition) is 5. The average Bonchev–Trinajstić information content (AvgIpc) is 3.38. The van der Waals surface area contributed by atoms with Crippen LogP contribution in [0.4, 0.5) is 4.79 Å². The minimum Gasteiger partial charge on any atom is -0.324 e. The molecule has 35 heavy (non-hydrogen) atoms. The first-order valence-electron chi connectivity index (χ1n) is 11.2. The van der Waals surface area contributed by atoms with Crippen LogP contribution in [0.5, 0.6) is 0 Å². The van der Waals surface area contributed by atoms with E-state index < -0.39 is 23.4 Å². The van der Waals surface area contributed by atoms with Crippen LogP contribution in [0.3, 0.4) is 0 Å². The second kappa shape index (κ2) is 9.80. The molecule has 10 nitrogen and oxygen atoms in total. The molecule has 4 rings (SSSR count).